The van der Waals surface area contributed by atoms with Gasteiger partial charge < -0.3 is 5.73 Å². The van der Waals surface area contributed by atoms with Gasteiger partial charge in [0.15, 0.2) is 0 Å². The van der Waals surface area contributed by atoms with Crippen LogP contribution in [0.25, 0.3) is 0 Å². The Morgan fingerprint density at radius 2 is 1.92 bits per heavy atom. The Morgan fingerprint density at radius 3 is 2.38 bits per heavy atom. The van der Waals surface area contributed by atoms with Gasteiger partial charge in [-0.2, -0.15) is 0 Å². The van der Waals surface area contributed by atoms with Crippen molar-refractivity contribution in [3.8, 4) is 0 Å². The lowest BCUT2D eigenvalue weighted by atomic mass is 9.89. The molecule has 13 heavy (non-hydrogen) atoms. The molecule has 1 aromatic rings. The molecule has 0 fully saturated rings. The maximum absolute atomic E-state index is 6.10. The second-order valence-corrected chi connectivity index (χ2v) is 4.24. The summed E-state index contributed by atoms with van der Waals surface area (Å²) < 4.78 is 0. The highest BCUT2D eigenvalue weighted by atomic mass is 14.7. The minimum atomic E-state index is -0.225. The second kappa shape index (κ2) is 3.51. The van der Waals surface area contributed by atoms with Gasteiger partial charge in [-0.25, -0.2) is 0 Å². The molecule has 0 aliphatic rings. The third kappa shape index (κ3) is 2.31. The van der Waals surface area contributed by atoms with Crippen LogP contribution in [0.5, 0.6) is 0 Å². The van der Waals surface area contributed by atoms with E-state index in [9.17, 15) is 0 Å². The zero-order chi connectivity index (χ0) is 10.1. The van der Waals surface area contributed by atoms with Crippen molar-refractivity contribution < 1.29 is 0 Å². The third-order valence-electron chi connectivity index (χ3n) is 2.34. The quantitative estimate of drug-likeness (QED) is 0.738. The number of aryl methyl sites for hydroxylation is 2. The zero-order valence-corrected chi connectivity index (χ0v) is 9.02. The highest BCUT2D eigenvalue weighted by molar-refractivity contribution is 5.35. The van der Waals surface area contributed by atoms with E-state index in [2.05, 4.69) is 45.9 Å². The molecule has 0 saturated carbocycles. The van der Waals surface area contributed by atoms with E-state index in [1.54, 1.807) is 0 Å². The summed E-state index contributed by atoms with van der Waals surface area (Å²) in [4.78, 5) is 0. The van der Waals surface area contributed by atoms with E-state index >= 15 is 0 Å². The highest BCUT2D eigenvalue weighted by Gasteiger charge is 2.17. The molecule has 0 aliphatic heterocycles. The fourth-order valence-electron chi connectivity index (χ4n) is 1.60. The first-order valence-corrected chi connectivity index (χ1v) is 4.84. The lowest BCUT2D eigenvalue weighted by molar-refractivity contribution is 0.548. The topological polar surface area (TPSA) is 26.0 Å². The normalized spacial score (nSPS) is 11.8. The Bertz CT molecular complexity index is 294. The fraction of sp³-hybridized carbons (Fsp3) is 0.500. The smallest absolute Gasteiger partial charge is 0.0355 e. The van der Waals surface area contributed by atoms with Crippen LogP contribution in [0.3, 0.4) is 0 Å². The molecule has 0 saturated heterocycles. The van der Waals surface area contributed by atoms with Crippen molar-refractivity contribution in [2.75, 3.05) is 0 Å². The van der Waals surface area contributed by atoms with Crippen LogP contribution in [-0.2, 0) is 12.0 Å². The Labute approximate surface area is 81.0 Å². The SMILES string of the molecule is CCc1ccc(C)cc1C(C)(C)N. The van der Waals surface area contributed by atoms with Gasteiger partial charge >= 0.3 is 0 Å². The van der Waals surface area contributed by atoms with Crippen molar-refractivity contribution in [1.29, 1.82) is 0 Å². The Morgan fingerprint density at radius 1 is 1.31 bits per heavy atom. The van der Waals surface area contributed by atoms with Gasteiger partial charge in [-0.3, -0.25) is 0 Å². The van der Waals surface area contributed by atoms with Crippen molar-refractivity contribution >= 4 is 0 Å². The van der Waals surface area contributed by atoms with Crippen LogP contribution in [0.4, 0.5) is 0 Å². The number of benzene rings is 1. The second-order valence-electron chi connectivity index (χ2n) is 4.24. The maximum atomic E-state index is 6.10. The van der Waals surface area contributed by atoms with Gasteiger partial charge in [0.25, 0.3) is 0 Å². The summed E-state index contributed by atoms with van der Waals surface area (Å²) in [5, 5.41) is 0. The molecule has 1 rings (SSSR count). The van der Waals surface area contributed by atoms with Gasteiger partial charge in [0.05, 0.1) is 0 Å². The Kier molecular flexibility index (Phi) is 2.77. The average molecular weight is 177 g/mol. The van der Waals surface area contributed by atoms with Crippen molar-refractivity contribution in [2.45, 2.75) is 39.7 Å². The van der Waals surface area contributed by atoms with Crippen LogP contribution in [0.15, 0.2) is 18.2 Å². The molecular formula is C12H19N. The zero-order valence-electron chi connectivity index (χ0n) is 9.02. The number of rotatable bonds is 2. The van der Waals surface area contributed by atoms with Crippen LogP contribution >= 0.6 is 0 Å². The molecule has 0 unspecified atom stereocenters. The molecule has 0 spiro atoms. The lowest BCUT2D eigenvalue weighted by Gasteiger charge is -2.23. The third-order valence-corrected chi connectivity index (χ3v) is 2.34. The molecule has 72 valence electrons. The molecular weight excluding hydrogens is 158 g/mol. The monoisotopic (exact) mass is 177 g/mol. The molecule has 0 bridgehead atoms. The van der Waals surface area contributed by atoms with E-state index in [1.807, 2.05) is 0 Å². The van der Waals surface area contributed by atoms with Crippen LogP contribution in [0.2, 0.25) is 0 Å². The first kappa shape index (κ1) is 10.3. The summed E-state index contributed by atoms with van der Waals surface area (Å²) >= 11 is 0. The summed E-state index contributed by atoms with van der Waals surface area (Å²) in [7, 11) is 0. The molecule has 0 atom stereocenters. The molecule has 2 N–H and O–H groups in total. The van der Waals surface area contributed by atoms with Gasteiger partial charge in [0.2, 0.25) is 0 Å². The standard InChI is InChI=1S/C12H19N/c1-5-10-7-6-9(2)8-11(10)12(3,4)13/h6-8H,5,13H2,1-4H3. The molecule has 0 amide bonds. The minimum Gasteiger partial charge on any atom is -0.322 e. The molecule has 0 radical (unpaired) electrons. The van der Waals surface area contributed by atoms with E-state index in [4.69, 9.17) is 5.73 Å². The summed E-state index contributed by atoms with van der Waals surface area (Å²) in [6.45, 7) is 8.39. The van der Waals surface area contributed by atoms with Crippen molar-refractivity contribution in [1.82, 2.24) is 0 Å². The minimum absolute atomic E-state index is 0.225. The van der Waals surface area contributed by atoms with Crippen LogP contribution in [0.1, 0.15) is 37.5 Å². The van der Waals surface area contributed by atoms with Crippen LogP contribution in [0, 0.1) is 6.92 Å². The summed E-state index contributed by atoms with van der Waals surface area (Å²) in [5.74, 6) is 0. The van der Waals surface area contributed by atoms with E-state index in [0.29, 0.717) is 0 Å². The van der Waals surface area contributed by atoms with E-state index < -0.39 is 0 Å². The van der Waals surface area contributed by atoms with Gasteiger partial charge in [0.1, 0.15) is 0 Å². The highest BCUT2D eigenvalue weighted by Crippen LogP contribution is 2.23. The first-order valence-electron chi connectivity index (χ1n) is 4.84. The molecule has 1 aromatic carbocycles. The number of hydrogen-bond acceptors (Lipinski definition) is 1. The van der Waals surface area contributed by atoms with E-state index in [1.165, 1.54) is 16.7 Å². The molecule has 0 aromatic heterocycles. The largest absolute Gasteiger partial charge is 0.322 e. The fourth-order valence-corrected chi connectivity index (χ4v) is 1.60. The average Bonchev–Trinajstić information content (AvgIpc) is 2.03. The Hall–Kier alpha value is -0.820. The van der Waals surface area contributed by atoms with Gasteiger partial charge in [0, 0.05) is 5.54 Å². The van der Waals surface area contributed by atoms with E-state index in [0.717, 1.165) is 6.42 Å². The molecule has 0 aliphatic carbocycles. The summed E-state index contributed by atoms with van der Waals surface area (Å²) in [5.41, 5.74) is 9.79. The van der Waals surface area contributed by atoms with Crippen molar-refractivity contribution in [2.24, 2.45) is 5.73 Å². The number of nitrogens with two attached hydrogens (primary N) is 1. The molecule has 1 nitrogen and oxygen atoms in total. The van der Waals surface area contributed by atoms with Gasteiger partial charge in [-0.05, 0) is 38.3 Å². The molecule has 0 heterocycles. The predicted octanol–water partition coefficient (Wildman–Crippen LogP) is 2.75. The first-order chi connectivity index (χ1) is 5.95. The van der Waals surface area contributed by atoms with Crippen molar-refractivity contribution in [3.05, 3.63) is 34.9 Å². The summed E-state index contributed by atoms with van der Waals surface area (Å²) in [6, 6.07) is 6.52. The Balaban J connectivity index is 3.24. The van der Waals surface area contributed by atoms with Gasteiger partial charge in [-0.1, -0.05) is 30.7 Å². The number of hydrogen-bond donors (Lipinski definition) is 1. The van der Waals surface area contributed by atoms with Crippen molar-refractivity contribution in [3.63, 3.8) is 0 Å². The molecule has 1 heteroatoms. The maximum Gasteiger partial charge on any atom is 0.0355 e. The van der Waals surface area contributed by atoms with Crippen LogP contribution in [-0.4, -0.2) is 0 Å². The van der Waals surface area contributed by atoms with Crippen LogP contribution < -0.4 is 5.73 Å². The predicted molar refractivity (Wildman–Crippen MR) is 57.8 cm³/mol. The lowest BCUT2D eigenvalue weighted by Crippen LogP contribution is -2.30. The van der Waals surface area contributed by atoms with Gasteiger partial charge in [-0.15, -0.1) is 0 Å². The van der Waals surface area contributed by atoms with E-state index in [-0.39, 0.29) is 5.54 Å². The summed E-state index contributed by atoms with van der Waals surface area (Å²) in [6.07, 6.45) is 1.05.